The summed E-state index contributed by atoms with van der Waals surface area (Å²) in [6, 6.07) is 10.0. The zero-order valence-electron chi connectivity index (χ0n) is 16.1. The van der Waals surface area contributed by atoms with E-state index in [2.05, 4.69) is 15.0 Å². The van der Waals surface area contributed by atoms with Gasteiger partial charge in [0.25, 0.3) is 5.91 Å². The predicted octanol–water partition coefficient (Wildman–Crippen LogP) is 1.99. The van der Waals surface area contributed by atoms with Crippen molar-refractivity contribution in [2.24, 2.45) is 0 Å². The van der Waals surface area contributed by atoms with Gasteiger partial charge < -0.3 is 9.88 Å². The summed E-state index contributed by atoms with van der Waals surface area (Å²) in [6.45, 7) is 0.540. The van der Waals surface area contributed by atoms with E-state index in [1.807, 2.05) is 12.1 Å². The van der Waals surface area contributed by atoms with Crippen molar-refractivity contribution in [1.29, 1.82) is 0 Å². The minimum atomic E-state index is -3.36. The number of nitrogens with zero attached hydrogens (tertiary/aromatic N) is 4. The molecule has 1 N–H and O–H groups in total. The number of amides is 1. The van der Waals surface area contributed by atoms with Crippen LogP contribution in [0.3, 0.4) is 0 Å². The van der Waals surface area contributed by atoms with E-state index in [9.17, 15) is 13.2 Å². The van der Waals surface area contributed by atoms with Crippen molar-refractivity contribution in [3.63, 3.8) is 0 Å². The first-order valence-electron chi connectivity index (χ1n) is 9.13. The van der Waals surface area contributed by atoms with Gasteiger partial charge in [-0.1, -0.05) is 6.07 Å². The van der Waals surface area contributed by atoms with Crippen LogP contribution in [0.15, 0.2) is 55.1 Å². The number of pyridine rings is 1. The van der Waals surface area contributed by atoms with Crippen LogP contribution in [0.5, 0.6) is 0 Å². The third-order valence-electron chi connectivity index (χ3n) is 5.16. The number of sulfonamides is 1. The number of fused-ring (bicyclic) bond motifs is 1. The third kappa shape index (κ3) is 3.61. The molecule has 8 nitrogen and oxygen atoms in total. The molecular weight excluding hydrogens is 390 g/mol. The van der Waals surface area contributed by atoms with Gasteiger partial charge in [-0.25, -0.2) is 13.4 Å². The summed E-state index contributed by atoms with van der Waals surface area (Å²) in [5.41, 5.74) is 3.73. The molecule has 0 bridgehead atoms. The quantitative estimate of drug-likeness (QED) is 0.708. The van der Waals surface area contributed by atoms with Crippen LogP contribution < -0.4 is 4.31 Å². The standard InChI is InChI=1S/C20H21N5O3S/c1-24(29(2,27)28)16-7-5-14(6-8-16)20(26)25-11-9-17-18(23-13-22-17)19(25)15-4-3-10-21-12-15/h3-8,10,12-13,19H,9,11H2,1-2H3,(H,22,23). The Morgan fingerprint density at radius 1 is 1.24 bits per heavy atom. The number of nitrogens with one attached hydrogen (secondary N) is 1. The average Bonchev–Trinajstić information content (AvgIpc) is 3.21. The highest BCUT2D eigenvalue weighted by atomic mass is 32.2. The van der Waals surface area contributed by atoms with Gasteiger partial charge in [0.1, 0.15) is 6.04 Å². The lowest BCUT2D eigenvalue weighted by Crippen LogP contribution is -2.40. The molecule has 0 saturated heterocycles. The van der Waals surface area contributed by atoms with Gasteiger partial charge in [-0.05, 0) is 35.9 Å². The topological polar surface area (TPSA) is 99.3 Å². The molecule has 150 valence electrons. The van der Waals surface area contributed by atoms with Crippen molar-refractivity contribution in [1.82, 2.24) is 19.9 Å². The second-order valence-electron chi connectivity index (χ2n) is 6.98. The van der Waals surface area contributed by atoms with Crippen LogP contribution >= 0.6 is 0 Å². The van der Waals surface area contributed by atoms with Crippen molar-refractivity contribution >= 4 is 21.6 Å². The largest absolute Gasteiger partial charge is 0.348 e. The highest BCUT2D eigenvalue weighted by molar-refractivity contribution is 7.92. The van der Waals surface area contributed by atoms with Gasteiger partial charge >= 0.3 is 0 Å². The molecule has 0 radical (unpaired) electrons. The monoisotopic (exact) mass is 411 g/mol. The van der Waals surface area contributed by atoms with Crippen molar-refractivity contribution in [2.45, 2.75) is 12.5 Å². The molecule has 9 heteroatoms. The van der Waals surface area contributed by atoms with Crippen LogP contribution in [0, 0.1) is 0 Å². The van der Waals surface area contributed by atoms with Crippen LogP contribution in [0.25, 0.3) is 0 Å². The zero-order chi connectivity index (χ0) is 20.6. The lowest BCUT2D eigenvalue weighted by Gasteiger charge is -2.35. The second kappa shape index (κ2) is 7.32. The number of hydrogen-bond acceptors (Lipinski definition) is 5. The first kappa shape index (κ1) is 19.1. The van der Waals surface area contributed by atoms with E-state index in [4.69, 9.17) is 0 Å². The fourth-order valence-electron chi connectivity index (χ4n) is 3.54. The van der Waals surface area contributed by atoms with Crippen LogP contribution in [0.1, 0.15) is 33.4 Å². The summed E-state index contributed by atoms with van der Waals surface area (Å²) in [6.07, 6.45) is 6.92. The summed E-state index contributed by atoms with van der Waals surface area (Å²) in [5, 5.41) is 0. The maximum atomic E-state index is 13.3. The van der Waals surface area contributed by atoms with Crippen molar-refractivity contribution in [3.05, 3.63) is 77.6 Å². The number of imidazole rings is 1. The summed E-state index contributed by atoms with van der Waals surface area (Å²) in [7, 11) is -1.88. The average molecular weight is 411 g/mol. The van der Waals surface area contributed by atoms with E-state index in [1.54, 1.807) is 47.9 Å². The molecule has 3 heterocycles. The van der Waals surface area contributed by atoms with Crippen LogP contribution in [0.2, 0.25) is 0 Å². The Hall–Kier alpha value is -3.20. The Balaban J connectivity index is 1.67. The lowest BCUT2D eigenvalue weighted by molar-refractivity contribution is 0.0690. The van der Waals surface area contributed by atoms with Crippen molar-refractivity contribution in [3.8, 4) is 0 Å². The molecule has 2 aromatic heterocycles. The number of aromatic amines is 1. The number of anilines is 1. The summed E-state index contributed by atoms with van der Waals surface area (Å²) < 4.78 is 24.6. The van der Waals surface area contributed by atoms with Gasteiger partial charge in [0.2, 0.25) is 10.0 Å². The summed E-state index contributed by atoms with van der Waals surface area (Å²) >= 11 is 0. The first-order chi connectivity index (χ1) is 13.9. The Morgan fingerprint density at radius 2 is 2.00 bits per heavy atom. The Labute approximate surface area is 169 Å². The van der Waals surface area contributed by atoms with Crippen molar-refractivity contribution < 1.29 is 13.2 Å². The summed E-state index contributed by atoms with van der Waals surface area (Å²) in [5.74, 6) is -0.138. The third-order valence-corrected chi connectivity index (χ3v) is 6.37. The highest BCUT2D eigenvalue weighted by Crippen LogP contribution is 2.34. The van der Waals surface area contributed by atoms with Gasteiger partial charge in [-0.3, -0.25) is 14.1 Å². The molecule has 1 unspecified atom stereocenters. The van der Waals surface area contributed by atoms with Crippen LogP contribution in [-0.2, 0) is 16.4 Å². The molecular formula is C20H21N5O3S. The Kier molecular flexibility index (Phi) is 4.83. The molecule has 4 rings (SSSR count). The molecule has 1 aliphatic rings. The maximum Gasteiger partial charge on any atom is 0.254 e. The van der Waals surface area contributed by atoms with E-state index < -0.39 is 10.0 Å². The SMILES string of the molecule is CN(c1ccc(C(=O)N2CCc3[nH]cnc3C2c2cccnc2)cc1)S(C)(=O)=O. The highest BCUT2D eigenvalue weighted by Gasteiger charge is 2.34. The minimum absolute atomic E-state index is 0.138. The van der Waals surface area contributed by atoms with E-state index in [-0.39, 0.29) is 11.9 Å². The minimum Gasteiger partial charge on any atom is -0.348 e. The van der Waals surface area contributed by atoms with Gasteiger partial charge in [-0.15, -0.1) is 0 Å². The van der Waals surface area contributed by atoms with E-state index in [1.165, 1.54) is 11.4 Å². The van der Waals surface area contributed by atoms with Crippen molar-refractivity contribution in [2.75, 3.05) is 24.2 Å². The second-order valence-corrected chi connectivity index (χ2v) is 8.99. The van der Waals surface area contributed by atoms with Gasteiger partial charge in [0, 0.05) is 43.7 Å². The molecule has 0 fully saturated rings. The first-order valence-corrected chi connectivity index (χ1v) is 11.0. The molecule has 3 aromatic rings. The zero-order valence-corrected chi connectivity index (χ0v) is 16.9. The van der Waals surface area contributed by atoms with Gasteiger partial charge in [0.15, 0.2) is 0 Å². The number of hydrogen-bond donors (Lipinski definition) is 1. The Morgan fingerprint density at radius 3 is 2.66 bits per heavy atom. The maximum absolute atomic E-state index is 13.3. The molecule has 1 amide bonds. The molecule has 0 saturated carbocycles. The number of carbonyl (C=O) groups excluding carboxylic acids is 1. The molecule has 1 atom stereocenters. The number of benzene rings is 1. The van der Waals surface area contributed by atoms with E-state index in [0.717, 1.165) is 23.2 Å². The fraction of sp³-hybridized carbons (Fsp3) is 0.250. The van der Waals surface area contributed by atoms with Gasteiger partial charge in [-0.2, -0.15) is 0 Å². The van der Waals surface area contributed by atoms with Gasteiger partial charge in [0.05, 0.1) is 24.0 Å². The molecule has 1 aromatic carbocycles. The molecule has 29 heavy (non-hydrogen) atoms. The molecule has 0 aliphatic carbocycles. The normalized spacial score (nSPS) is 16.3. The van der Waals surface area contributed by atoms with Crippen LogP contribution in [0.4, 0.5) is 5.69 Å². The number of rotatable bonds is 4. The predicted molar refractivity (Wildman–Crippen MR) is 109 cm³/mol. The van der Waals surface area contributed by atoms with E-state index in [0.29, 0.717) is 24.2 Å². The molecule has 1 aliphatic heterocycles. The Bertz CT molecular complexity index is 1130. The van der Waals surface area contributed by atoms with E-state index >= 15 is 0 Å². The fourth-order valence-corrected chi connectivity index (χ4v) is 4.05. The summed E-state index contributed by atoms with van der Waals surface area (Å²) in [4.78, 5) is 26.9. The van der Waals surface area contributed by atoms with Crippen LogP contribution in [-0.4, -0.2) is 54.0 Å². The number of H-pyrrole nitrogens is 1. The molecule has 0 spiro atoms. The lowest BCUT2D eigenvalue weighted by atomic mass is 9.96. The number of aromatic nitrogens is 3. The smallest absolute Gasteiger partial charge is 0.254 e. The number of carbonyl (C=O) groups is 1.